The molecule has 0 aliphatic heterocycles. The van der Waals surface area contributed by atoms with E-state index >= 15 is 0 Å². The number of nitrogens with one attached hydrogen (secondary N) is 1. The molecule has 1 heterocycles. The normalized spacial score (nSPS) is 11.6. The highest BCUT2D eigenvalue weighted by molar-refractivity contribution is 7.91. The fourth-order valence-corrected chi connectivity index (χ4v) is 5.01. The SMILES string of the molecule is O=C(Cn1c2ccccc2c(=O)c2ccccc21)NCCCS(=O)(=O)c1ccccc1. The van der Waals surface area contributed by atoms with Crippen molar-refractivity contribution in [3.63, 3.8) is 0 Å². The van der Waals surface area contributed by atoms with Gasteiger partial charge in [0.05, 0.1) is 21.7 Å². The Morgan fingerprint density at radius 1 is 0.806 bits per heavy atom. The zero-order chi connectivity index (χ0) is 21.8. The molecule has 0 saturated carbocycles. The van der Waals surface area contributed by atoms with E-state index in [2.05, 4.69) is 5.32 Å². The molecule has 0 bridgehead atoms. The molecule has 0 atom stereocenters. The number of fused-ring (bicyclic) bond motifs is 2. The van der Waals surface area contributed by atoms with Gasteiger partial charge in [-0.2, -0.15) is 0 Å². The van der Waals surface area contributed by atoms with Gasteiger partial charge in [0.2, 0.25) is 5.91 Å². The van der Waals surface area contributed by atoms with Gasteiger partial charge in [-0.05, 0) is 42.8 Å². The lowest BCUT2D eigenvalue weighted by atomic mass is 10.1. The van der Waals surface area contributed by atoms with Crippen molar-refractivity contribution in [1.29, 1.82) is 0 Å². The summed E-state index contributed by atoms with van der Waals surface area (Å²) in [4.78, 5) is 25.7. The summed E-state index contributed by atoms with van der Waals surface area (Å²) < 4.78 is 26.5. The van der Waals surface area contributed by atoms with Crippen LogP contribution in [0.5, 0.6) is 0 Å². The van der Waals surface area contributed by atoms with E-state index < -0.39 is 9.84 Å². The number of sulfone groups is 1. The number of para-hydroxylation sites is 2. The van der Waals surface area contributed by atoms with E-state index in [4.69, 9.17) is 0 Å². The number of rotatable bonds is 7. The van der Waals surface area contributed by atoms with Gasteiger partial charge in [0, 0.05) is 17.3 Å². The van der Waals surface area contributed by atoms with E-state index in [9.17, 15) is 18.0 Å². The molecule has 6 nitrogen and oxygen atoms in total. The highest BCUT2D eigenvalue weighted by Gasteiger charge is 2.15. The molecule has 7 heteroatoms. The Hall–Kier alpha value is -3.45. The summed E-state index contributed by atoms with van der Waals surface area (Å²) in [7, 11) is -3.37. The molecule has 0 aliphatic carbocycles. The Labute approximate surface area is 180 Å². The van der Waals surface area contributed by atoms with Crippen LogP contribution in [0.2, 0.25) is 0 Å². The van der Waals surface area contributed by atoms with Crippen molar-refractivity contribution in [3.8, 4) is 0 Å². The van der Waals surface area contributed by atoms with Gasteiger partial charge in [-0.15, -0.1) is 0 Å². The molecule has 31 heavy (non-hydrogen) atoms. The first kappa shape index (κ1) is 20.8. The molecule has 0 aliphatic rings. The van der Waals surface area contributed by atoms with Crippen molar-refractivity contribution in [3.05, 3.63) is 89.1 Å². The number of hydrogen-bond donors (Lipinski definition) is 1. The van der Waals surface area contributed by atoms with E-state index in [0.29, 0.717) is 28.2 Å². The fourth-order valence-electron chi connectivity index (χ4n) is 3.68. The highest BCUT2D eigenvalue weighted by Crippen LogP contribution is 2.19. The lowest BCUT2D eigenvalue weighted by Gasteiger charge is -2.15. The highest BCUT2D eigenvalue weighted by atomic mass is 32.2. The lowest BCUT2D eigenvalue weighted by molar-refractivity contribution is -0.121. The Balaban J connectivity index is 1.48. The fraction of sp³-hybridized carbons (Fsp3) is 0.167. The van der Waals surface area contributed by atoms with Crippen molar-refractivity contribution >= 4 is 37.6 Å². The molecule has 158 valence electrons. The summed E-state index contributed by atoms with van der Waals surface area (Å²) in [6, 6.07) is 22.7. The smallest absolute Gasteiger partial charge is 0.239 e. The van der Waals surface area contributed by atoms with Crippen LogP contribution in [0.15, 0.2) is 88.6 Å². The van der Waals surface area contributed by atoms with Crippen molar-refractivity contribution in [2.45, 2.75) is 17.9 Å². The third-order valence-corrected chi connectivity index (χ3v) is 7.01. The van der Waals surface area contributed by atoms with Crippen LogP contribution >= 0.6 is 0 Å². The number of amides is 1. The molecule has 0 unspecified atom stereocenters. The van der Waals surface area contributed by atoms with Gasteiger partial charge in [-0.25, -0.2) is 8.42 Å². The van der Waals surface area contributed by atoms with Gasteiger partial charge in [0.15, 0.2) is 15.3 Å². The minimum Gasteiger partial charge on any atom is -0.355 e. The standard InChI is InChI=1S/C24H22N2O4S/c27-23(25-15-8-16-31(29,30)18-9-2-1-3-10-18)17-26-21-13-6-4-11-19(21)24(28)20-12-5-7-14-22(20)26/h1-7,9-14H,8,15-17H2,(H,25,27). The number of carbonyl (C=O) groups is 1. The molecule has 1 aromatic heterocycles. The van der Waals surface area contributed by atoms with E-state index in [-0.39, 0.29) is 35.1 Å². The first-order chi connectivity index (χ1) is 15.0. The summed E-state index contributed by atoms with van der Waals surface area (Å²) >= 11 is 0. The number of nitrogens with zero attached hydrogens (tertiary/aromatic N) is 1. The maximum absolute atomic E-state index is 12.8. The monoisotopic (exact) mass is 434 g/mol. The average Bonchev–Trinajstić information content (AvgIpc) is 2.80. The van der Waals surface area contributed by atoms with E-state index in [0.717, 1.165) is 0 Å². The minimum absolute atomic E-state index is 0.0345. The molecule has 4 rings (SSSR count). The van der Waals surface area contributed by atoms with Crippen LogP contribution in [-0.2, 0) is 21.2 Å². The summed E-state index contributed by atoms with van der Waals surface area (Å²) in [5.41, 5.74) is 1.31. The third-order valence-electron chi connectivity index (χ3n) is 5.19. The maximum Gasteiger partial charge on any atom is 0.239 e. The van der Waals surface area contributed by atoms with Crippen LogP contribution in [0, 0.1) is 0 Å². The zero-order valence-electron chi connectivity index (χ0n) is 16.8. The van der Waals surface area contributed by atoms with Crippen LogP contribution in [-0.4, -0.2) is 31.2 Å². The predicted molar refractivity (Wildman–Crippen MR) is 122 cm³/mol. The maximum atomic E-state index is 12.8. The van der Waals surface area contributed by atoms with Gasteiger partial charge >= 0.3 is 0 Å². The van der Waals surface area contributed by atoms with Crippen molar-refractivity contribution in [2.24, 2.45) is 0 Å². The van der Waals surface area contributed by atoms with Crippen LogP contribution in [0.1, 0.15) is 6.42 Å². The number of hydrogen-bond acceptors (Lipinski definition) is 4. The Morgan fingerprint density at radius 2 is 1.35 bits per heavy atom. The number of benzene rings is 3. The summed E-state index contributed by atoms with van der Waals surface area (Å²) in [5, 5.41) is 3.91. The number of aromatic nitrogens is 1. The Bertz CT molecular complexity index is 1350. The predicted octanol–water partition coefficient (Wildman–Crippen LogP) is 3.13. The summed E-state index contributed by atoms with van der Waals surface area (Å²) in [6.45, 7) is 0.285. The van der Waals surface area contributed by atoms with Crippen molar-refractivity contribution < 1.29 is 13.2 Å². The topological polar surface area (TPSA) is 85.2 Å². The quantitative estimate of drug-likeness (QED) is 0.358. The second-order valence-electron chi connectivity index (χ2n) is 7.28. The molecule has 3 aromatic carbocycles. The van der Waals surface area contributed by atoms with Gasteiger partial charge in [0.25, 0.3) is 0 Å². The van der Waals surface area contributed by atoms with Crippen LogP contribution in [0.3, 0.4) is 0 Å². The molecule has 1 N–H and O–H groups in total. The molecule has 0 saturated heterocycles. The molecule has 0 radical (unpaired) electrons. The zero-order valence-corrected chi connectivity index (χ0v) is 17.6. The van der Waals surface area contributed by atoms with E-state index in [1.807, 2.05) is 28.8 Å². The largest absolute Gasteiger partial charge is 0.355 e. The van der Waals surface area contributed by atoms with Gasteiger partial charge < -0.3 is 9.88 Å². The number of carbonyl (C=O) groups excluding carboxylic acids is 1. The second-order valence-corrected chi connectivity index (χ2v) is 9.39. The second kappa shape index (κ2) is 8.73. The molecular formula is C24H22N2O4S. The van der Waals surface area contributed by atoms with Crippen LogP contribution < -0.4 is 10.7 Å². The van der Waals surface area contributed by atoms with E-state index in [1.165, 1.54) is 0 Å². The Morgan fingerprint density at radius 3 is 1.97 bits per heavy atom. The van der Waals surface area contributed by atoms with E-state index in [1.54, 1.807) is 54.6 Å². The number of pyridine rings is 1. The summed E-state index contributed by atoms with van der Waals surface area (Å²) in [6.07, 6.45) is 0.314. The molecule has 1 amide bonds. The third kappa shape index (κ3) is 4.36. The first-order valence-electron chi connectivity index (χ1n) is 10.0. The van der Waals surface area contributed by atoms with Crippen LogP contribution in [0.25, 0.3) is 21.8 Å². The lowest BCUT2D eigenvalue weighted by Crippen LogP contribution is -2.30. The molecule has 4 aromatic rings. The molecule has 0 fully saturated rings. The first-order valence-corrected chi connectivity index (χ1v) is 11.7. The van der Waals surface area contributed by atoms with Crippen LogP contribution in [0.4, 0.5) is 0 Å². The van der Waals surface area contributed by atoms with Gasteiger partial charge in [-0.3, -0.25) is 9.59 Å². The van der Waals surface area contributed by atoms with Crippen molar-refractivity contribution in [1.82, 2.24) is 9.88 Å². The Kier molecular flexibility index (Phi) is 5.86. The minimum atomic E-state index is -3.37. The summed E-state index contributed by atoms with van der Waals surface area (Å²) in [5.74, 6) is -0.280. The van der Waals surface area contributed by atoms with Crippen molar-refractivity contribution in [2.75, 3.05) is 12.3 Å². The average molecular weight is 435 g/mol. The van der Waals surface area contributed by atoms with Gasteiger partial charge in [-0.1, -0.05) is 42.5 Å². The molecule has 0 spiro atoms. The molecular weight excluding hydrogens is 412 g/mol. The van der Waals surface area contributed by atoms with Gasteiger partial charge in [0.1, 0.15) is 6.54 Å².